The second-order valence-corrected chi connectivity index (χ2v) is 2.47. The topological polar surface area (TPSA) is 12.0 Å². The molecule has 0 saturated carbocycles. The molecule has 13 heavy (non-hydrogen) atoms. The Morgan fingerprint density at radius 3 is 2.38 bits per heavy atom. The minimum absolute atomic E-state index is 0. The van der Waals surface area contributed by atoms with Crippen molar-refractivity contribution >= 4 is 37.1 Å². The van der Waals surface area contributed by atoms with Crippen LogP contribution in [0.25, 0.3) is 12.3 Å². The number of fused-ring (bicyclic) bond motifs is 1. The highest BCUT2D eigenvalue weighted by Crippen LogP contribution is 1.77. The van der Waals surface area contributed by atoms with E-state index in [1.807, 2.05) is 30.6 Å². The number of hydrogen-bond acceptors (Lipinski definition) is 1. The monoisotopic (exact) mass is 215 g/mol. The Kier molecular flexibility index (Phi) is 5.28. The third kappa shape index (κ3) is 2.79. The van der Waals surface area contributed by atoms with Crippen molar-refractivity contribution in [1.29, 1.82) is 0 Å². The molecule has 1 N–H and O–H groups in total. The fourth-order valence-electron chi connectivity index (χ4n) is 1.14. The molecule has 1 aliphatic heterocycles. The molecule has 0 saturated heterocycles. The SMILES string of the molecule is C1=CNC=c2ccccc2=C1.Cl.Cl. The van der Waals surface area contributed by atoms with Gasteiger partial charge in [0.25, 0.3) is 0 Å². The van der Waals surface area contributed by atoms with Crippen LogP contribution in [0.5, 0.6) is 0 Å². The second kappa shape index (κ2) is 5.68. The van der Waals surface area contributed by atoms with Gasteiger partial charge in [-0.3, -0.25) is 0 Å². The second-order valence-electron chi connectivity index (χ2n) is 2.47. The summed E-state index contributed by atoms with van der Waals surface area (Å²) in [5.41, 5.74) is 0. The molecule has 0 amide bonds. The molecule has 0 bridgehead atoms. The lowest BCUT2D eigenvalue weighted by Crippen LogP contribution is -2.24. The average molecular weight is 216 g/mol. The van der Waals surface area contributed by atoms with Crippen molar-refractivity contribution in [2.24, 2.45) is 0 Å². The van der Waals surface area contributed by atoms with Crippen LogP contribution in [0.3, 0.4) is 0 Å². The summed E-state index contributed by atoms with van der Waals surface area (Å²) in [7, 11) is 0. The molecule has 1 aromatic carbocycles. The van der Waals surface area contributed by atoms with Crippen LogP contribution in [0.4, 0.5) is 0 Å². The highest BCUT2D eigenvalue weighted by Gasteiger charge is 1.83. The zero-order chi connectivity index (χ0) is 7.52. The van der Waals surface area contributed by atoms with E-state index < -0.39 is 0 Å². The summed E-state index contributed by atoms with van der Waals surface area (Å²) in [5, 5.41) is 5.56. The molecule has 70 valence electrons. The normalized spacial score (nSPS) is 11.4. The Labute approximate surface area is 89.7 Å². The van der Waals surface area contributed by atoms with E-state index in [1.54, 1.807) is 0 Å². The van der Waals surface area contributed by atoms with Crippen LogP contribution in [0.2, 0.25) is 0 Å². The van der Waals surface area contributed by atoms with Gasteiger partial charge in [-0.15, -0.1) is 24.8 Å². The molecular formula is C10H11Cl2N. The third-order valence-electron chi connectivity index (χ3n) is 1.70. The van der Waals surface area contributed by atoms with Crippen molar-refractivity contribution in [2.45, 2.75) is 0 Å². The van der Waals surface area contributed by atoms with Crippen molar-refractivity contribution in [3.8, 4) is 0 Å². The Morgan fingerprint density at radius 2 is 1.62 bits per heavy atom. The van der Waals surface area contributed by atoms with Gasteiger partial charge in [0.2, 0.25) is 0 Å². The minimum Gasteiger partial charge on any atom is -0.367 e. The largest absolute Gasteiger partial charge is 0.367 e. The number of nitrogens with one attached hydrogen (secondary N) is 1. The first kappa shape index (κ1) is 12.1. The van der Waals surface area contributed by atoms with Crippen LogP contribution < -0.4 is 15.8 Å². The standard InChI is InChI=1S/C10H9N.2ClH/c1-2-5-10-8-11-7-3-6-9(10)4-1;;/h1-8,11H;2*1H. The molecule has 1 nitrogen and oxygen atoms in total. The maximum atomic E-state index is 3.07. The van der Waals surface area contributed by atoms with E-state index >= 15 is 0 Å². The number of rotatable bonds is 0. The Hall–Kier alpha value is -0.920. The van der Waals surface area contributed by atoms with E-state index in [1.165, 1.54) is 10.4 Å². The summed E-state index contributed by atoms with van der Waals surface area (Å²) < 4.78 is 0. The molecule has 2 rings (SSSR count). The first-order chi connectivity index (χ1) is 5.47. The average Bonchev–Trinajstić information content (AvgIpc) is 2.28. The van der Waals surface area contributed by atoms with E-state index in [0.29, 0.717) is 0 Å². The summed E-state index contributed by atoms with van der Waals surface area (Å²) >= 11 is 0. The number of benzene rings is 1. The summed E-state index contributed by atoms with van der Waals surface area (Å²) in [6, 6.07) is 8.27. The zero-order valence-corrected chi connectivity index (χ0v) is 8.57. The van der Waals surface area contributed by atoms with Crippen molar-refractivity contribution < 1.29 is 0 Å². The van der Waals surface area contributed by atoms with Gasteiger partial charge in [0, 0.05) is 12.4 Å². The minimum atomic E-state index is 0. The molecule has 0 atom stereocenters. The molecule has 1 aromatic rings. The van der Waals surface area contributed by atoms with Crippen LogP contribution in [0, 0.1) is 0 Å². The van der Waals surface area contributed by atoms with E-state index in [2.05, 4.69) is 23.5 Å². The molecule has 0 aromatic heterocycles. The van der Waals surface area contributed by atoms with Crippen LogP contribution in [-0.2, 0) is 0 Å². The zero-order valence-electron chi connectivity index (χ0n) is 6.94. The van der Waals surface area contributed by atoms with Crippen LogP contribution in [0.15, 0.2) is 36.5 Å². The van der Waals surface area contributed by atoms with Crippen molar-refractivity contribution in [3.05, 3.63) is 47.0 Å². The highest BCUT2D eigenvalue weighted by atomic mass is 35.5. The lowest BCUT2D eigenvalue weighted by atomic mass is 10.2. The molecule has 0 aliphatic carbocycles. The highest BCUT2D eigenvalue weighted by molar-refractivity contribution is 5.85. The fourth-order valence-corrected chi connectivity index (χ4v) is 1.14. The lowest BCUT2D eigenvalue weighted by molar-refractivity contribution is 1.28. The van der Waals surface area contributed by atoms with Gasteiger partial charge in [-0.05, 0) is 16.5 Å². The fraction of sp³-hybridized carbons (Fsp3) is 0. The smallest absolute Gasteiger partial charge is 0.00836 e. The van der Waals surface area contributed by atoms with Gasteiger partial charge in [0.15, 0.2) is 0 Å². The van der Waals surface area contributed by atoms with Crippen LogP contribution >= 0.6 is 24.8 Å². The molecule has 0 radical (unpaired) electrons. The van der Waals surface area contributed by atoms with Crippen LogP contribution in [0.1, 0.15) is 0 Å². The number of allylic oxidation sites excluding steroid dienone is 1. The first-order valence-corrected chi connectivity index (χ1v) is 3.65. The summed E-state index contributed by atoms with van der Waals surface area (Å²) in [5.74, 6) is 0. The summed E-state index contributed by atoms with van der Waals surface area (Å²) in [6.07, 6.45) is 8.00. The van der Waals surface area contributed by atoms with Crippen molar-refractivity contribution in [2.75, 3.05) is 0 Å². The number of hydrogen-bond donors (Lipinski definition) is 1. The van der Waals surface area contributed by atoms with Gasteiger partial charge in [0.1, 0.15) is 0 Å². The summed E-state index contributed by atoms with van der Waals surface area (Å²) in [6.45, 7) is 0. The van der Waals surface area contributed by atoms with Gasteiger partial charge in [-0.1, -0.05) is 30.3 Å². The lowest BCUT2D eigenvalue weighted by Gasteiger charge is -1.86. The van der Waals surface area contributed by atoms with E-state index in [-0.39, 0.29) is 24.8 Å². The quantitative estimate of drug-likeness (QED) is 0.686. The van der Waals surface area contributed by atoms with E-state index in [9.17, 15) is 0 Å². The van der Waals surface area contributed by atoms with Gasteiger partial charge in [-0.25, -0.2) is 0 Å². The number of halogens is 2. The molecule has 1 heterocycles. The maximum absolute atomic E-state index is 3.07. The Balaban J connectivity index is 0.000000720. The molecule has 3 heteroatoms. The Bertz CT molecular complexity index is 396. The van der Waals surface area contributed by atoms with Gasteiger partial charge in [0.05, 0.1) is 0 Å². The first-order valence-electron chi connectivity index (χ1n) is 3.65. The van der Waals surface area contributed by atoms with Crippen LogP contribution in [-0.4, -0.2) is 0 Å². The Morgan fingerprint density at radius 1 is 0.923 bits per heavy atom. The maximum Gasteiger partial charge on any atom is 0.00836 e. The van der Waals surface area contributed by atoms with Gasteiger partial charge >= 0.3 is 0 Å². The van der Waals surface area contributed by atoms with Gasteiger partial charge < -0.3 is 5.32 Å². The predicted octanol–water partition coefficient (Wildman–Crippen LogP) is 1.17. The molecular weight excluding hydrogens is 205 g/mol. The van der Waals surface area contributed by atoms with Crippen molar-refractivity contribution in [3.63, 3.8) is 0 Å². The summed E-state index contributed by atoms with van der Waals surface area (Å²) in [4.78, 5) is 0. The van der Waals surface area contributed by atoms with Gasteiger partial charge in [-0.2, -0.15) is 0 Å². The third-order valence-corrected chi connectivity index (χ3v) is 1.70. The molecule has 0 fully saturated rings. The van der Waals surface area contributed by atoms with E-state index in [4.69, 9.17) is 0 Å². The van der Waals surface area contributed by atoms with E-state index in [0.717, 1.165) is 0 Å². The molecule has 0 spiro atoms. The predicted molar refractivity (Wildman–Crippen MR) is 61.4 cm³/mol. The molecule has 0 unspecified atom stereocenters. The molecule has 1 aliphatic rings. The van der Waals surface area contributed by atoms with Crippen molar-refractivity contribution in [1.82, 2.24) is 5.32 Å².